The first-order valence-corrected chi connectivity index (χ1v) is 4.98. The van der Waals surface area contributed by atoms with Crippen LogP contribution in [-0.2, 0) is 4.74 Å². The van der Waals surface area contributed by atoms with Crippen LogP contribution in [0.2, 0.25) is 0 Å². The summed E-state index contributed by atoms with van der Waals surface area (Å²) in [4.78, 5) is 0. The molecule has 0 radical (unpaired) electrons. The van der Waals surface area contributed by atoms with Crippen LogP contribution in [-0.4, -0.2) is 13.2 Å². The average molecular weight is 275 g/mol. The van der Waals surface area contributed by atoms with E-state index in [1.165, 1.54) is 5.56 Å². The van der Waals surface area contributed by atoms with Crippen LogP contribution in [0, 0.1) is 3.57 Å². The Morgan fingerprint density at radius 2 is 2.17 bits per heavy atom. The molecule has 1 saturated heterocycles. The first kappa shape index (κ1) is 8.31. The molecule has 1 aliphatic heterocycles. The van der Waals surface area contributed by atoms with Crippen molar-refractivity contribution in [2.45, 2.75) is 5.92 Å². The van der Waals surface area contributed by atoms with Gasteiger partial charge in [0.2, 0.25) is 0 Å². The van der Waals surface area contributed by atoms with E-state index >= 15 is 0 Å². The molecule has 12 heavy (non-hydrogen) atoms. The molecule has 3 heteroatoms. The predicted octanol–water partition coefficient (Wildman–Crippen LogP) is 1.99. The van der Waals surface area contributed by atoms with Crippen LogP contribution in [0.25, 0.3) is 0 Å². The molecule has 0 aromatic heterocycles. The van der Waals surface area contributed by atoms with Gasteiger partial charge < -0.3 is 10.5 Å². The van der Waals surface area contributed by atoms with E-state index in [9.17, 15) is 0 Å². The van der Waals surface area contributed by atoms with Crippen molar-refractivity contribution in [3.05, 3.63) is 27.3 Å². The van der Waals surface area contributed by atoms with Gasteiger partial charge in [0.1, 0.15) is 0 Å². The van der Waals surface area contributed by atoms with Crippen molar-refractivity contribution in [3.8, 4) is 0 Å². The van der Waals surface area contributed by atoms with Crippen LogP contribution >= 0.6 is 22.6 Å². The molecular weight excluding hydrogens is 265 g/mol. The first-order valence-electron chi connectivity index (χ1n) is 3.90. The molecule has 1 heterocycles. The lowest BCUT2D eigenvalue weighted by Crippen LogP contribution is -2.25. The summed E-state index contributed by atoms with van der Waals surface area (Å²) in [7, 11) is 0. The molecule has 1 aromatic carbocycles. The second-order valence-electron chi connectivity index (χ2n) is 3.02. The standard InChI is InChI=1S/C9H10INO/c10-8-3-6(1-2-9(8)11)7-4-12-5-7/h1-3,7H,4-5,11H2. The Kier molecular flexibility index (Phi) is 2.23. The van der Waals surface area contributed by atoms with Crippen molar-refractivity contribution in [2.24, 2.45) is 0 Å². The molecule has 1 fully saturated rings. The highest BCUT2D eigenvalue weighted by molar-refractivity contribution is 14.1. The zero-order valence-corrected chi connectivity index (χ0v) is 8.74. The van der Waals surface area contributed by atoms with Crippen LogP contribution in [0.3, 0.4) is 0 Å². The number of anilines is 1. The highest BCUT2D eigenvalue weighted by Crippen LogP contribution is 2.27. The van der Waals surface area contributed by atoms with Crippen molar-refractivity contribution >= 4 is 28.3 Å². The van der Waals surface area contributed by atoms with Crippen LogP contribution in [0.1, 0.15) is 11.5 Å². The summed E-state index contributed by atoms with van der Waals surface area (Å²) in [5, 5.41) is 0. The quantitative estimate of drug-likeness (QED) is 0.628. The van der Waals surface area contributed by atoms with Gasteiger partial charge in [-0.1, -0.05) is 6.07 Å². The molecule has 2 N–H and O–H groups in total. The molecule has 1 aromatic rings. The van der Waals surface area contributed by atoms with Crippen LogP contribution in [0.5, 0.6) is 0 Å². The van der Waals surface area contributed by atoms with Gasteiger partial charge >= 0.3 is 0 Å². The van der Waals surface area contributed by atoms with E-state index in [1.54, 1.807) is 0 Å². The zero-order valence-electron chi connectivity index (χ0n) is 6.59. The molecule has 64 valence electrons. The van der Waals surface area contributed by atoms with Gasteiger partial charge in [-0.05, 0) is 40.3 Å². The summed E-state index contributed by atoms with van der Waals surface area (Å²) < 4.78 is 6.26. The van der Waals surface area contributed by atoms with Crippen molar-refractivity contribution < 1.29 is 4.74 Å². The molecule has 0 aliphatic carbocycles. The summed E-state index contributed by atoms with van der Waals surface area (Å²) in [5.74, 6) is 0.596. The van der Waals surface area contributed by atoms with E-state index in [-0.39, 0.29) is 0 Å². The molecule has 0 amide bonds. The lowest BCUT2D eigenvalue weighted by molar-refractivity contribution is 0.00840. The van der Waals surface area contributed by atoms with E-state index < -0.39 is 0 Å². The van der Waals surface area contributed by atoms with E-state index in [0.717, 1.165) is 22.5 Å². The number of halogens is 1. The number of hydrogen-bond donors (Lipinski definition) is 1. The first-order chi connectivity index (χ1) is 5.77. The fourth-order valence-corrected chi connectivity index (χ4v) is 1.76. The van der Waals surface area contributed by atoms with Gasteiger partial charge in [-0.15, -0.1) is 0 Å². The Labute approximate surface area is 85.2 Å². The van der Waals surface area contributed by atoms with Gasteiger partial charge in [0.25, 0.3) is 0 Å². The Morgan fingerprint density at radius 1 is 1.42 bits per heavy atom. The maximum Gasteiger partial charge on any atom is 0.0557 e. The van der Waals surface area contributed by atoms with Crippen molar-refractivity contribution in [3.63, 3.8) is 0 Å². The molecule has 0 bridgehead atoms. The monoisotopic (exact) mass is 275 g/mol. The smallest absolute Gasteiger partial charge is 0.0557 e. The van der Waals surface area contributed by atoms with E-state index in [2.05, 4.69) is 34.7 Å². The number of rotatable bonds is 1. The third-order valence-electron chi connectivity index (χ3n) is 2.13. The summed E-state index contributed by atoms with van der Waals surface area (Å²) in [6.45, 7) is 1.72. The largest absolute Gasteiger partial charge is 0.398 e. The minimum absolute atomic E-state index is 0.596. The van der Waals surface area contributed by atoms with Gasteiger partial charge in [0.15, 0.2) is 0 Å². The van der Waals surface area contributed by atoms with Gasteiger partial charge in [0, 0.05) is 15.2 Å². The minimum atomic E-state index is 0.596. The number of nitrogen functional groups attached to an aromatic ring is 1. The Morgan fingerprint density at radius 3 is 2.67 bits per heavy atom. The van der Waals surface area contributed by atoms with Crippen molar-refractivity contribution in [1.29, 1.82) is 0 Å². The van der Waals surface area contributed by atoms with E-state index in [4.69, 9.17) is 10.5 Å². The lowest BCUT2D eigenvalue weighted by Gasteiger charge is -2.26. The summed E-state index contributed by atoms with van der Waals surface area (Å²) in [6.07, 6.45) is 0. The van der Waals surface area contributed by atoms with Crippen LogP contribution < -0.4 is 5.73 Å². The van der Waals surface area contributed by atoms with Crippen LogP contribution in [0.15, 0.2) is 18.2 Å². The number of nitrogens with two attached hydrogens (primary N) is 1. The molecule has 0 atom stereocenters. The molecular formula is C9H10INO. The summed E-state index contributed by atoms with van der Waals surface area (Å²) >= 11 is 2.26. The Bertz CT molecular complexity index is 297. The summed E-state index contributed by atoms with van der Waals surface area (Å²) in [5.41, 5.74) is 7.92. The average Bonchev–Trinajstić information content (AvgIpc) is 1.93. The normalized spacial score (nSPS) is 17.4. The lowest BCUT2D eigenvalue weighted by atomic mass is 9.98. The Hall–Kier alpha value is -0.290. The van der Waals surface area contributed by atoms with Gasteiger partial charge in [-0.3, -0.25) is 0 Å². The zero-order chi connectivity index (χ0) is 8.55. The van der Waals surface area contributed by atoms with Crippen molar-refractivity contribution in [1.82, 2.24) is 0 Å². The fourth-order valence-electron chi connectivity index (χ4n) is 1.23. The van der Waals surface area contributed by atoms with Gasteiger partial charge in [-0.2, -0.15) is 0 Å². The van der Waals surface area contributed by atoms with Gasteiger partial charge in [0.05, 0.1) is 13.2 Å². The van der Waals surface area contributed by atoms with Crippen LogP contribution in [0.4, 0.5) is 5.69 Å². The molecule has 0 saturated carbocycles. The molecule has 1 aliphatic rings. The highest BCUT2D eigenvalue weighted by atomic mass is 127. The molecule has 2 nitrogen and oxygen atoms in total. The van der Waals surface area contributed by atoms with Crippen molar-refractivity contribution in [2.75, 3.05) is 18.9 Å². The maximum absolute atomic E-state index is 5.71. The summed E-state index contributed by atoms with van der Waals surface area (Å²) in [6, 6.07) is 6.20. The SMILES string of the molecule is Nc1ccc(C2COC2)cc1I. The third kappa shape index (κ3) is 1.43. The second-order valence-corrected chi connectivity index (χ2v) is 4.18. The molecule has 0 unspecified atom stereocenters. The van der Waals surface area contributed by atoms with Gasteiger partial charge in [-0.25, -0.2) is 0 Å². The Balaban J connectivity index is 2.27. The number of benzene rings is 1. The second kappa shape index (κ2) is 3.22. The third-order valence-corrected chi connectivity index (χ3v) is 3.07. The van der Waals surface area contributed by atoms with E-state index in [1.807, 2.05) is 6.07 Å². The topological polar surface area (TPSA) is 35.2 Å². The maximum atomic E-state index is 5.71. The highest BCUT2D eigenvalue weighted by Gasteiger charge is 2.20. The predicted molar refractivity (Wildman–Crippen MR) is 57.1 cm³/mol. The molecule has 0 spiro atoms. The fraction of sp³-hybridized carbons (Fsp3) is 0.333. The number of ether oxygens (including phenoxy) is 1. The number of hydrogen-bond acceptors (Lipinski definition) is 2. The van der Waals surface area contributed by atoms with E-state index in [0.29, 0.717) is 5.92 Å². The minimum Gasteiger partial charge on any atom is -0.398 e. The molecule has 2 rings (SSSR count).